The Balaban J connectivity index is 2.39. The summed E-state index contributed by atoms with van der Waals surface area (Å²) >= 11 is 0. The second-order valence-electron chi connectivity index (χ2n) is 4.82. The summed E-state index contributed by atoms with van der Waals surface area (Å²) in [6, 6.07) is 4.56. The van der Waals surface area contributed by atoms with E-state index in [9.17, 15) is 14.0 Å². The minimum Gasteiger partial charge on any atom is -0.493 e. The fraction of sp³-hybridized carbons (Fsp3) is 0.467. The fourth-order valence-electron chi connectivity index (χ4n) is 1.72. The van der Waals surface area contributed by atoms with E-state index in [4.69, 9.17) is 9.84 Å². The zero-order chi connectivity index (χ0) is 15.8. The summed E-state index contributed by atoms with van der Waals surface area (Å²) in [7, 11) is 0. The highest BCUT2D eigenvalue weighted by molar-refractivity contribution is 5.83. The maximum Gasteiger partial charge on any atom is 0.326 e. The van der Waals surface area contributed by atoms with Gasteiger partial charge in [0.1, 0.15) is 17.6 Å². The van der Waals surface area contributed by atoms with Crippen LogP contribution in [-0.2, 0) is 9.59 Å². The number of nitrogens with one attached hydrogen (secondary N) is 1. The predicted molar refractivity (Wildman–Crippen MR) is 75.5 cm³/mol. The van der Waals surface area contributed by atoms with Crippen LogP contribution in [0.25, 0.3) is 0 Å². The van der Waals surface area contributed by atoms with Gasteiger partial charge in [0.15, 0.2) is 0 Å². The fourth-order valence-corrected chi connectivity index (χ4v) is 1.72. The van der Waals surface area contributed by atoms with Crippen LogP contribution in [0.3, 0.4) is 0 Å². The molecular weight excluding hydrogens is 277 g/mol. The van der Waals surface area contributed by atoms with Gasteiger partial charge in [-0.05, 0) is 30.2 Å². The Labute approximate surface area is 123 Å². The number of rotatable bonds is 8. The normalized spacial score (nSPS) is 13.3. The number of amides is 1. The molecule has 1 aromatic rings. The number of carbonyl (C=O) groups is 2. The van der Waals surface area contributed by atoms with Gasteiger partial charge in [0, 0.05) is 0 Å². The van der Waals surface area contributed by atoms with Crippen LogP contribution in [0.15, 0.2) is 24.3 Å². The van der Waals surface area contributed by atoms with Gasteiger partial charge in [0.2, 0.25) is 5.91 Å². The zero-order valence-corrected chi connectivity index (χ0v) is 12.1. The third kappa shape index (κ3) is 5.81. The Morgan fingerprint density at radius 3 is 2.48 bits per heavy atom. The number of carboxylic acids is 1. The molecule has 2 atom stereocenters. The Hall–Kier alpha value is -2.11. The molecule has 1 aromatic carbocycles. The SMILES string of the molecule is CCC(C)C(NC(=O)CCOc1ccc(F)cc1)C(=O)O. The van der Waals surface area contributed by atoms with E-state index in [-0.39, 0.29) is 30.7 Å². The molecule has 0 aliphatic carbocycles. The summed E-state index contributed by atoms with van der Waals surface area (Å²) in [5.41, 5.74) is 0. The van der Waals surface area contributed by atoms with E-state index >= 15 is 0 Å². The van der Waals surface area contributed by atoms with Crippen LogP contribution >= 0.6 is 0 Å². The quantitative estimate of drug-likeness (QED) is 0.771. The van der Waals surface area contributed by atoms with Crippen molar-refractivity contribution in [3.8, 4) is 5.75 Å². The largest absolute Gasteiger partial charge is 0.493 e. The van der Waals surface area contributed by atoms with E-state index in [2.05, 4.69) is 5.32 Å². The standard InChI is InChI=1S/C15H20FNO4/c1-3-10(2)14(15(19)20)17-13(18)8-9-21-12-6-4-11(16)5-7-12/h4-7,10,14H,3,8-9H2,1-2H3,(H,17,18)(H,19,20). The number of aliphatic carboxylic acids is 1. The molecule has 0 heterocycles. The van der Waals surface area contributed by atoms with Gasteiger partial charge in [0.05, 0.1) is 13.0 Å². The van der Waals surface area contributed by atoms with Gasteiger partial charge in [-0.25, -0.2) is 9.18 Å². The highest BCUT2D eigenvalue weighted by Crippen LogP contribution is 2.11. The van der Waals surface area contributed by atoms with E-state index < -0.39 is 12.0 Å². The number of carboxylic acid groups (broad SMARTS) is 1. The van der Waals surface area contributed by atoms with Gasteiger partial charge in [-0.15, -0.1) is 0 Å². The lowest BCUT2D eigenvalue weighted by Gasteiger charge is -2.20. The summed E-state index contributed by atoms with van der Waals surface area (Å²) in [6.45, 7) is 3.74. The molecule has 21 heavy (non-hydrogen) atoms. The third-order valence-corrected chi connectivity index (χ3v) is 3.21. The maximum atomic E-state index is 12.7. The van der Waals surface area contributed by atoms with Crippen LogP contribution in [0.4, 0.5) is 4.39 Å². The minimum absolute atomic E-state index is 0.0393. The first kappa shape index (κ1) is 16.9. The van der Waals surface area contributed by atoms with Crippen molar-refractivity contribution in [2.75, 3.05) is 6.61 Å². The Bertz CT molecular complexity index is 475. The van der Waals surface area contributed by atoms with Crippen molar-refractivity contribution in [2.24, 2.45) is 5.92 Å². The van der Waals surface area contributed by atoms with Crippen molar-refractivity contribution >= 4 is 11.9 Å². The first-order valence-electron chi connectivity index (χ1n) is 6.84. The maximum absolute atomic E-state index is 12.7. The topological polar surface area (TPSA) is 75.6 Å². The molecule has 0 aliphatic rings. The monoisotopic (exact) mass is 297 g/mol. The molecule has 0 saturated carbocycles. The van der Waals surface area contributed by atoms with Gasteiger partial charge in [-0.3, -0.25) is 4.79 Å². The highest BCUT2D eigenvalue weighted by Gasteiger charge is 2.24. The second kappa shape index (κ2) is 8.24. The molecule has 0 fully saturated rings. The van der Waals surface area contributed by atoms with E-state index in [0.29, 0.717) is 12.2 Å². The van der Waals surface area contributed by atoms with Gasteiger partial charge in [-0.1, -0.05) is 20.3 Å². The summed E-state index contributed by atoms with van der Waals surface area (Å²) in [5, 5.41) is 11.6. The van der Waals surface area contributed by atoms with Crippen molar-refractivity contribution in [1.82, 2.24) is 5.32 Å². The van der Waals surface area contributed by atoms with Crippen molar-refractivity contribution in [3.05, 3.63) is 30.1 Å². The average molecular weight is 297 g/mol. The van der Waals surface area contributed by atoms with Crippen LogP contribution < -0.4 is 10.1 Å². The van der Waals surface area contributed by atoms with Gasteiger partial charge in [0.25, 0.3) is 0 Å². The molecule has 1 rings (SSSR count). The molecule has 6 heteroatoms. The first-order chi connectivity index (χ1) is 9.93. The lowest BCUT2D eigenvalue weighted by molar-refractivity contribution is -0.143. The molecule has 0 radical (unpaired) electrons. The van der Waals surface area contributed by atoms with Crippen LogP contribution in [0.1, 0.15) is 26.7 Å². The van der Waals surface area contributed by atoms with Crippen LogP contribution in [0.2, 0.25) is 0 Å². The lowest BCUT2D eigenvalue weighted by atomic mass is 9.99. The van der Waals surface area contributed by atoms with Gasteiger partial charge < -0.3 is 15.2 Å². The number of ether oxygens (including phenoxy) is 1. The van der Waals surface area contributed by atoms with Gasteiger partial charge in [-0.2, -0.15) is 0 Å². The summed E-state index contributed by atoms with van der Waals surface area (Å²) in [5.74, 6) is -1.48. The molecule has 0 aromatic heterocycles. The predicted octanol–water partition coefficient (Wildman–Crippen LogP) is 2.21. The van der Waals surface area contributed by atoms with Crippen LogP contribution in [0.5, 0.6) is 5.75 Å². The van der Waals surface area contributed by atoms with Crippen molar-refractivity contribution < 1.29 is 23.8 Å². The Morgan fingerprint density at radius 1 is 1.33 bits per heavy atom. The molecule has 116 valence electrons. The number of hydrogen-bond acceptors (Lipinski definition) is 3. The van der Waals surface area contributed by atoms with Crippen molar-refractivity contribution in [2.45, 2.75) is 32.7 Å². The number of benzene rings is 1. The molecule has 1 amide bonds. The first-order valence-corrected chi connectivity index (χ1v) is 6.84. The highest BCUT2D eigenvalue weighted by atomic mass is 19.1. The molecule has 2 unspecified atom stereocenters. The molecule has 0 spiro atoms. The zero-order valence-electron chi connectivity index (χ0n) is 12.1. The molecule has 0 saturated heterocycles. The third-order valence-electron chi connectivity index (χ3n) is 3.21. The second-order valence-corrected chi connectivity index (χ2v) is 4.82. The van der Waals surface area contributed by atoms with E-state index in [1.807, 2.05) is 6.92 Å². The number of carbonyl (C=O) groups excluding carboxylic acids is 1. The minimum atomic E-state index is -1.04. The van der Waals surface area contributed by atoms with E-state index in [1.54, 1.807) is 6.92 Å². The van der Waals surface area contributed by atoms with Gasteiger partial charge >= 0.3 is 5.97 Å². The van der Waals surface area contributed by atoms with Crippen molar-refractivity contribution in [3.63, 3.8) is 0 Å². The Morgan fingerprint density at radius 2 is 1.95 bits per heavy atom. The molecule has 2 N–H and O–H groups in total. The lowest BCUT2D eigenvalue weighted by Crippen LogP contribution is -2.45. The van der Waals surface area contributed by atoms with E-state index in [1.165, 1.54) is 24.3 Å². The number of halogens is 1. The summed E-state index contributed by atoms with van der Waals surface area (Å²) < 4.78 is 18.0. The molecular formula is C15H20FNO4. The van der Waals surface area contributed by atoms with E-state index in [0.717, 1.165) is 0 Å². The molecule has 0 aliphatic heterocycles. The van der Waals surface area contributed by atoms with Crippen molar-refractivity contribution in [1.29, 1.82) is 0 Å². The van der Waals surface area contributed by atoms with Crippen LogP contribution in [-0.4, -0.2) is 29.6 Å². The molecule has 5 nitrogen and oxygen atoms in total. The smallest absolute Gasteiger partial charge is 0.326 e. The Kier molecular flexibility index (Phi) is 6.65. The molecule has 0 bridgehead atoms. The summed E-state index contributed by atoms with van der Waals surface area (Å²) in [4.78, 5) is 22.8. The summed E-state index contributed by atoms with van der Waals surface area (Å²) in [6.07, 6.45) is 0.695. The average Bonchev–Trinajstić information content (AvgIpc) is 2.45. The van der Waals surface area contributed by atoms with Crippen LogP contribution in [0, 0.1) is 11.7 Å². The number of hydrogen-bond donors (Lipinski definition) is 2.